The topological polar surface area (TPSA) is 115 Å². The number of carboxylic acid groups (broad SMARTS) is 3. The van der Waals surface area contributed by atoms with Crippen molar-refractivity contribution in [3.63, 3.8) is 0 Å². The van der Waals surface area contributed by atoms with Crippen molar-refractivity contribution < 1.29 is 34.2 Å². The van der Waals surface area contributed by atoms with E-state index in [4.69, 9.17) is 10.2 Å². The fourth-order valence-corrected chi connectivity index (χ4v) is 2.89. The molecule has 0 aliphatic heterocycles. The van der Waals surface area contributed by atoms with Gasteiger partial charge in [-0.2, -0.15) is 0 Å². The number of nitrogens with zero attached hydrogens (tertiary/aromatic N) is 1. The van der Waals surface area contributed by atoms with Crippen LogP contribution < -0.4 is 5.11 Å². The van der Waals surface area contributed by atoms with Crippen LogP contribution in [0.1, 0.15) is 58.3 Å². The first-order valence-corrected chi connectivity index (χ1v) is 8.95. The van der Waals surface area contributed by atoms with Crippen molar-refractivity contribution in [3.05, 3.63) is 12.2 Å². The molecule has 0 amide bonds. The van der Waals surface area contributed by atoms with Crippen LogP contribution in [0.2, 0.25) is 0 Å². The maximum atomic E-state index is 11.0. The highest BCUT2D eigenvalue weighted by molar-refractivity contribution is 5.72. The summed E-state index contributed by atoms with van der Waals surface area (Å²) in [6.45, 7) is 0.701. The molecule has 25 heavy (non-hydrogen) atoms. The zero-order valence-electron chi connectivity index (χ0n) is 15.1. The van der Waals surface area contributed by atoms with Gasteiger partial charge in [0.25, 0.3) is 0 Å². The summed E-state index contributed by atoms with van der Waals surface area (Å²) in [4.78, 5) is 33.0. The highest BCUT2D eigenvalue weighted by Crippen LogP contribution is 2.13. The van der Waals surface area contributed by atoms with Crippen molar-refractivity contribution in [2.75, 3.05) is 26.2 Å². The van der Waals surface area contributed by atoms with Crippen LogP contribution >= 0.6 is 0 Å². The number of rotatable bonds is 16. The third kappa shape index (κ3) is 13.1. The van der Waals surface area contributed by atoms with Crippen molar-refractivity contribution in [2.24, 2.45) is 0 Å². The van der Waals surface area contributed by atoms with Crippen LogP contribution in [0, 0.1) is 0 Å². The summed E-state index contributed by atoms with van der Waals surface area (Å²) in [5.41, 5.74) is 0. The van der Waals surface area contributed by atoms with E-state index in [9.17, 15) is 19.5 Å². The Morgan fingerprint density at radius 3 is 1.88 bits per heavy atom. The summed E-state index contributed by atoms with van der Waals surface area (Å²) < 4.78 is -0.507. The number of hydrogen-bond acceptors (Lipinski definition) is 4. The van der Waals surface area contributed by atoms with Crippen LogP contribution in [0.25, 0.3) is 0 Å². The van der Waals surface area contributed by atoms with Gasteiger partial charge in [0.2, 0.25) is 0 Å². The predicted molar refractivity (Wildman–Crippen MR) is 91.8 cm³/mol. The Kier molecular flexibility index (Phi) is 12.4. The summed E-state index contributed by atoms with van der Waals surface area (Å²) in [5.74, 6) is -3.84. The molecule has 0 aliphatic carbocycles. The molecule has 0 aromatic rings. The standard InChI is InChI=1S/C18H31NO6/c1-2-3-4-5-6-7-8-9-10-11-12-19(13-16(20)21,14-17(22)23)15-18(24)25/h4-5H,2-3,6-15H2,1H3,(H2-,20,21,22,23,24,25)/b5-4+. The number of allylic oxidation sites excluding steroid dienone is 2. The number of carbonyl (C=O) groups excluding carboxylic acids is 1. The molecule has 0 spiro atoms. The Bertz CT molecular complexity index is 406. The molecule has 0 saturated carbocycles. The van der Waals surface area contributed by atoms with Crippen molar-refractivity contribution >= 4 is 17.9 Å². The molecule has 0 bridgehead atoms. The van der Waals surface area contributed by atoms with Crippen LogP contribution in [0.3, 0.4) is 0 Å². The molecule has 0 rings (SSSR count). The fourth-order valence-electron chi connectivity index (χ4n) is 2.89. The lowest BCUT2D eigenvalue weighted by molar-refractivity contribution is -0.909. The van der Waals surface area contributed by atoms with Crippen LogP contribution in [0.5, 0.6) is 0 Å². The van der Waals surface area contributed by atoms with Crippen molar-refractivity contribution in [1.29, 1.82) is 0 Å². The van der Waals surface area contributed by atoms with Gasteiger partial charge in [0.15, 0.2) is 13.1 Å². The molecule has 0 radical (unpaired) electrons. The summed E-state index contributed by atoms with van der Waals surface area (Å²) in [6, 6.07) is 0. The number of carboxylic acids is 3. The summed E-state index contributed by atoms with van der Waals surface area (Å²) in [6.07, 6.45) is 12.2. The van der Waals surface area contributed by atoms with E-state index in [1.807, 2.05) is 0 Å². The highest BCUT2D eigenvalue weighted by Gasteiger charge is 2.33. The predicted octanol–water partition coefficient (Wildman–Crippen LogP) is 1.42. The van der Waals surface area contributed by atoms with Crippen LogP contribution in [0.4, 0.5) is 0 Å². The Labute approximate surface area is 149 Å². The minimum Gasteiger partial charge on any atom is -0.544 e. The first-order chi connectivity index (χ1) is 11.8. The van der Waals surface area contributed by atoms with Crippen LogP contribution in [0.15, 0.2) is 12.2 Å². The van der Waals surface area contributed by atoms with Gasteiger partial charge in [-0.3, -0.25) is 0 Å². The van der Waals surface area contributed by atoms with E-state index in [1.54, 1.807) is 0 Å². The summed E-state index contributed by atoms with van der Waals surface area (Å²) >= 11 is 0. The molecule has 0 unspecified atom stereocenters. The Morgan fingerprint density at radius 1 is 0.840 bits per heavy atom. The minimum absolute atomic E-state index is 0.211. The van der Waals surface area contributed by atoms with Crippen molar-refractivity contribution in [2.45, 2.75) is 58.3 Å². The van der Waals surface area contributed by atoms with Gasteiger partial charge in [-0.1, -0.05) is 38.3 Å². The lowest BCUT2D eigenvalue weighted by Crippen LogP contribution is -2.59. The van der Waals surface area contributed by atoms with E-state index < -0.39 is 42.0 Å². The quantitative estimate of drug-likeness (QED) is 0.245. The molecule has 0 atom stereocenters. The second-order valence-corrected chi connectivity index (χ2v) is 6.52. The van der Waals surface area contributed by atoms with Gasteiger partial charge in [0.1, 0.15) is 6.54 Å². The Morgan fingerprint density at radius 2 is 1.36 bits per heavy atom. The van der Waals surface area contributed by atoms with E-state index in [0.29, 0.717) is 6.42 Å². The molecule has 7 nitrogen and oxygen atoms in total. The monoisotopic (exact) mass is 357 g/mol. The lowest BCUT2D eigenvalue weighted by Gasteiger charge is -2.36. The van der Waals surface area contributed by atoms with E-state index in [2.05, 4.69) is 19.1 Å². The van der Waals surface area contributed by atoms with Gasteiger partial charge in [-0.25, -0.2) is 9.59 Å². The fraction of sp³-hybridized carbons (Fsp3) is 0.722. The second-order valence-electron chi connectivity index (χ2n) is 6.52. The molecular weight excluding hydrogens is 326 g/mol. The number of hydrogen-bond donors (Lipinski definition) is 2. The molecule has 2 N–H and O–H groups in total. The zero-order chi connectivity index (χ0) is 19.1. The minimum atomic E-state index is -1.43. The number of carbonyl (C=O) groups is 3. The van der Waals surface area contributed by atoms with E-state index in [0.717, 1.165) is 44.9 Å². The molecule has 0 aromatic heterocycles. The lowest BCUT2D eigenvalue weighted by atomic mass is 10.1. The maximum absolute atomic E-state index is 11.0. The third-order valence-corrected chi connectivity index (χ3v) is 4.03. The van der Waals surface area contributed by atoms with Gasteiger partial charge in [-0.15, -0.1) is 0 Å². The summed E-state index contributed by atoms with van der Waals surface area (Å²) in [5, 5.41) is 29.0. The van der Waals surface area contributed by atoms with E-state index in [1.165, 1.54) is 0 Å². The molecule has 0 aromatic carbocycles. The molecule has 0 aliphatic rings. The van der Waals surface area contributed by atoms with Crippen molar-refractivity contribution in [1.82, 2.24) is 0 Å². The SMILES string of the molecule is CCC/C=C/CCCCCCC[N+](CC(=O)[O-])(CC(=O)O)CC(=O)O. The number of aliphatic carboxylic acids is 3. The smallest absolute Gasteiger partial charge is 0.359 e. The molecule has 0 fully saturated rings. The third-order valence-electron chi connectivity index (χ3n) is 4.03. The van der Waals surface area contributed by atoms with E-state index >= 15 is 0 Å². The average Bonchev–Trinajstić information content (AvgIpc) is 2.47. The van der Waals surface area contributed by atoms with Crippen molar-refractivity contribution in [3.8, 4) is 0 Å². The summed E-state index contributed by atoms with van der Waals surface area (Å²) in [7, 11) is 0. The average molecular weight is 357 g/mol. The van der Waals surface area contributed by atoms with E-state index in [-0.39, 0.29) is 6.54 Å². The molecule has 144 valence electrons. The van der Waals surface area contributed by atoms with Gasteiger partial charge in [0, 0.05) is 0 Å². The first-order valence-electron chi connectivity index (χ1n) is 8.95. The largest absolute Gasteiger partial charge is 0.544 e. The maximum Gasteiger partial charge on any atom is 0.359 e. The van der Waals surface area contributed by atoms with Gasteiger partial charge in [-0.05, 0) is 32.1 Å². The molecular formula is C18H31NO6. The first kappa shape index (κ1) is 23.1. The van der Waals surface area contributed by atoms with Gasteiger partial charge in [0.05, 0.1) is 12.5 Å². The second kappa shape index (κ2) is 13.4. The van der Waals surface area contributed by atoms with Gasteiger partial charge < -0.3 is 24.6 Å². The molecule has 0 heterocycles. The van der Waals surface area contributed by atoms with Gasteiger partial charge >= 0.3 is 11.9 Å². The van der Waals surface area contributed by atoms with Crippen LogP contribution in [-0.4, -0.2) is 58.8 Å². The normalized spacial score (nSPS) is 11.7. The Hall–Kier alpha value is -1.89. The number of unbranched alkanes of at least 4 members (excludes halogenated alkanes) is 6. The number of quaternary nitrogens is 1. The van der Waals surface area contributed by atoms with Crippen LogP contribution in [-0.2, 0) is 14.4 Å². The highest BCUT2D eigenvalue weighted by atomic mass is 16.4. The molecule has 0 saturated heterocycles. The molecule has 7 heteroatoms. The zero-order valence-corrected chi connectivity index (χ0v) is 15.1. The Balaban J connectivity index is 4.30.